The van der Waals surface area contributed by atoms with Crippen LogP contribution in [0.5, 0.6) is 0 Å². The SMILES string of the molecule is Cc1ccc(NS(=O)(=O)c2ccc(C(=O)NCCN3CC(C)OC(C)C3)cc2)cc1. The van der Waals surface area contributed by atoms with E-state index in [4.69, 9.17) is 4.74 Å². The molecule has 0 spiro atoms. The van der Waals surface area contributed by atoms with Gasteiger partial charge in [0.2, 0.25) is 0 Å². The van der Waals surface area contributed by atoms with Gasteiger partial charge in [0.15, 0.2) is 0 Å². The van der Waals surface area contributed by atoms with Gasteiger partial charge < -0.3 is 10.1 Å². The lowest BCUT2D eigenvalue weighted by Gasteiger charge is -2.35. The molecular formula is C22H29N3O4S. The molecule has 3 rings (SSSR count). The van der Waals surface area contributed by atoms with Crippen LogP contribution >= 0.6 is 0 Å². The normalized spacial score (nSPS) is 20.0. The van der Waals surface area contributed by atoms with Crippen molar-refractivity contribution in [2.75, 3.05) is 30.9 Å². The van der Waals surface area contributed by atoms with E-state index in [1.165, 1.54) is 24.3 Å². The van der Waals surface area contributed by atoms with Gasteiger partial charge in [-0.05, 0) is 57.2 Å². The predicted octanol–water partition coefficient (Wildman–Crippen LogP) is 2.63. The Morgan fingerprint density at radius 2 is 1.63 bits per heavy atom. The Morgan fingerprint density at radius 3 is 2.23 bits per heavy atom. The lowest BCUT2D eigenvalue weighted by molar-refractivity contribution is -0.0672. The van der Waals surface area contributed by atoms with E-state index in [1.807, 2.05) is 32.9 Å². The zero-order valence-corrected chi connectivity index (χ0v) is 18.4. The number of amides is 1. The maximum atomic E-state index is 12.5. The Hall–Kier alpha value is -2.42. The Bertz CT molecular complexity index is 949. The van der Waals surface area contributed by atoms with Gasteiger partial charge in [0.05, 0.1) is 17.1 Å². The topological polar surface area (TPSA) is 87.7 Å². The first-order valence-corrected chi connectivity index (χ1v) is 11.6. The van der Waals surface area contributed by atoms with E-state index < -0.39 is 10.0 Å². The van der Waals surface area contributed by atoms with Crippen molar-refractivity contribution >= 4 is 21.6 Å². The van der Waals surface area contributed by atoms with E-state index in [1.54, 1.807) is 12.1 Å². The average Bonchev–Trinajstić information content (AvgIpc) is 2.69. The summed E-state index contributed by atoms with van der Waals surface area (Å²) in [4.78, 5) is 14.8. The highest BCUT2D eigenvalue weighted by Crippen LogP contribution is 2.17. The minimum Gasteiger partial charge on any atom is -0.373 e. The van der Waals surface area contributed by atoms with Crippen LogP contribution in [0.15, 0.2) is 53.4 Å². The zero-order chi connectivity index (χ0) is 21.7. The summed E-state index contributed by atoms with van der Waals surface area (Å²) in [7, 11) is -3.71. The standard InChI is InChI=1S/C22H29N3O4S/c1-16-4-8-20(9-5-16)24-30(27,28)21-10-6-19(7-11-21)22(26)23-12-13-25-14-17(2)29-18(3)15-25/h4-11,17-18,24H,12-15H2,1-3H3,(H,23,26). The molecule has 1 saturated heterocycles. The molecule has 2 aromatic rings. The summed E-state index contributed by atoms with van der Waals surface area (Å²) in [6, 6.07) is 13.0. The van der Waals surface area contributed by atoms with Crippen LogP contribution in [0, 0.1) is 6.92 Å². The van der Waals surface area contributed by atoms with Crippen LogP contribution in [-0.4, -0.2) is 57.6 Å². The van der Waals surface area contributed by atoms with E-state index in [9.17, 15) is 13.2 Å². The number of morpholine rings is 1. The Kier molecular flexibility index (Phi) is 7.12. The summed E-state index contributed by atoms with van der Waals surface area (Å²) in [5.41, 5.74) is 1.97. The van der Waals surface area contributed by atoms with Crippen LogP contribution in [0.25, 0.3) is 0 Å². The molecule has 162 valence electrons. The van der Waals surface area contributed by atoms with Crippen LogP contribution < -0.4 is 10.0 Å². The van der Waals surface area contributed by atoms with Gasteiger partial charge >= 0.3 is 0 Å². The van der Waals surface area contributed by atoms with Gasteiger partial charge in [-0.1, -0.05) is 17.7 Å². The van der Waals surface area contributed by atoms with Crippen molar-refractivity contribution in [1.82, 2.24) is 10.2 Å². The van der Waals surface area contributed by atoms with Gasteiger partial charge in [-0.25, -0.2) is 8.42 Å². The zero-order valence-electron chi connectivity index (χ0n) is 17.6. The van der Waals surface area contributed by atoms with Crippen molar-refractivity contribution < 1.29 is 17.9 Å². The number of sulfonamides is 1. The highest BCUT2D eigenvalue weighted by Gasteiger charge is 2.22. The van der Waals surface area contributed by atoms with Gasteiger partial charge in [-0.3, -0.25) is 14.4 Å². The molecule has 0 aromatic heterocycles. The number of carbonyl (C=O) groups is 1. The Balaban J connectivity index is 1.54. The number of benzene rings is 2. The summed E-state index contributed by atoms with van der Waals surface area (Å²) in [6.45, 7) is 8.99. The number of aryl methyl sites for hydroxylation is 1. The highest BCUT2D eigenvalue weighted by atomic mass is 32.2. The molecule has 0 radical (unpaired) electrons. The first-order valence-electron chi connectivity index (χ1n) is 10.1. The fourth-order valence-electron chi connectivity index (χ4n) is 3.52. The summed E-state index contributed by atoms with van der Waals surface area (Å²) in [5, 5.41) is 2.89. The summed E-state index contributed by atoms with van der Waals surface area (Å²) < 4.78 is 33.3. The van der Waals surface area contributed by atoms with Crippen molar-refractivity contribution in [3.63, 3.8) is 0 Å². The number of hydrogen-bond acceptors (Lipinski definition) is 5. The van der Waals surface area contributed by atoms with Crippen molar-refractivity contribution in [1.29, 1.82) is 0 Å². The van der Waals surface area contributed by atoms with Gasteiger partial charge in [0.25, 0.3) is 15.9 Å². The van der Waals surface area contributed by atoms with Gasteiger partial charge in [0, 0.05) is 37.4 Å². The number of rotatable bonds is 7. The summed E-state index contributed by atoms with van der Waals surface area (Å²) >= 11 is 0. The highest BCUT2D eigenvalue weighted by molar-refractivity contribution is 7.92. The monoisotopic (exact) mass is 431 g/mol. The van der Waals surface area contributed by atoms with Gasteiger partial charge in [-0.2, -0.15) is 0 Å². The fraction of sp³-hybridized carbons (Fsp3) is 0.409. The van der Waals surface area contributed by atoms with E-state index in [2.05, 4.69) is 14.9 Å². The molecule has 0 bridgehead atoms. The molecule has 0 aliphatic carbocycles. The maximum Gasteiger partial charge on any atom is 0.261 e. The number of nitrogens with zero attached hydrogens (tertiary/aromatic N) is 1. The molecule has 2 N–H and O–H groups in total. The molecule has 1 fully saturated rings. The van der Waals surface area contributed by atoms with E-state index in [-0.39, 0.29) is 23.0 Å². The average molecular weight is 432 g/mol. The molecule has 2 unspecified atom stereocenters. The van der Waals surface area contributed by atoms with Crippen LogP contribution in [-0.2, 0) is 14.8 Å². The predicted molar refractivity (Wildman–Crippen MR) is 117 cm³/mol. The van der Waals surface area contributed by atoms with Gasteiger partial charge in [0.1, 0.15) is 0 Å². The van der Waals surface area contributed by atoms with Crippen LogP contribution in [0.3, 0.4) is 0 Å². The number of carbonyl (C=O) groups excluding carboxylic acids is 1. The van der Waals surface area contributed by atoms with Crippen molar-refractivity contribution in [2.45, 2.75) is 37.9 Å². The quantitative estimate of drug-likeness (QED) is 0.704. The molecule has 0 saturated carbocycles. The molecule has 1 amide bonds. The number of anilines is 1. The lowest BCUT2D eigenvalue weighted by atomic mass is 10.2. The first-order chi connectivity index (χ1) is 14.2. The molecule has 1 aliphatic heterocycles. The smallest absolute Gasteiger partial charge is 0.261 e. The molecule has 2 atom stereocenters. The lowest BCUT2D eigenvalue weighted by Crippen LogP contribution is -2.47. The molecule has 7 nitrogen and oxygen atoms in total. The van der Waals surface area contributed by atoms with Crippen LogP contribution in [0.2, 0.25) is 0 Å². The Morgan fingerprint density at radius 1 is 1.03 bits per heavy atom. The second-order valence-electron chi connectivity index (χ2n) is 7.77. The number of ether oxygens (including phenoxy) is 1. The third kappa shape index (κ3) is 6.04. The Labute approximate surface area is 178 Å². The summed E-state index contributed by atoms with van der Waals surface area (Å²) in [6.07, 6.45) is 0.375. The molecule has 1 aliphatic rings. The molecule has 2 aromatic carbocycles. The minimum absolute atomic E-state index is 0.107. The summed E-state index contributed by atoms with van der Waals surface area (Å²) in [5.74, 6) is -0.222. The largest absolute Gasteiger partial charge is 0.373 e. The molecule has 8 heteroatoms. The molecular weight excluding hydrogens is 402 g/mol. The van der Waals surface area contributed by atoms with E-state index in [0.29, 0.717) is 17.8 Å². The second-order valence-corrected chi connectivity index (χ2v) is 9.45. The number of hydrogen-bond donors (Lipinski definition) is 2. The van der Waals surface area contributed by atoms with Crippen molar-refractivity contribution in [2.24, 2.45) is 0 Å². The third-order valence-corrected chi connectivity index (χ3v) is 6.34. The fourth-order valence-corrected chi connectivity index (χ4v) is 4.58. The third-order valence-electron chi connectivity index (χ3n) is 4.94. The van der Waals surface area contributed by atoms with Crippen molar-refractivity contribution in [3.8, 4) is 0 Å². The van der Waals surface area contributed by atoms with Crippen LogP contribution in [0.1, 0.15) is 29.8 Å². The molecule has 30 heavy (non-hydrogen) atoms. The van der Waals surface area contributed by atoms with E-state index in [0.717, 1.165) is 25.2 Å². The molecule has 1 heterocycles. The van der Waals surface area contributed by atoms with Crippen molar-refractivity contribution in [3.05, 3.63) is 59.7 Å². The van der Waals surface area contributed by atoms with Crippen LogP contribution in [0.4, 0.5) is 5.69 Å². The minimum atomic E-state index is -3.71. The second kappa shape index (κ2) is 9.59. The van der Waals surface area contributed by atoms with E-state index >= 15 is 0 Å². The first kappa shape index (κ1) is 22.3. The maximum absolute atomic E-state index is 12.5. The number of nitrogens with one attached hydrogen (secondary N) is 2. The van der Waals surface area contributed by atoms with Gasteiger partial charge in [-0.15, -0.1) is 0 Å².